The van der Waals surface area contributed by atoms with Crippen molar-refractivity contribution < 1.29 is 4.74 Å². The van der Waals surface area contributed by atoms with Crippen LogP contribution in [-0.2, 0) is 0 Å². The van der Waals surface area contributed by atoms with Gasteiger partial charge in [0, 0.05) is 5.56 Å². The molecule has 0 atom stereocenters. The van der Waals surface area contributed by atoms with Gasteiger partial charge < -0.3 is 4.74 Å². The van der Waals surface area contributed by atoms with Crippen molar-refractivity contribution in [2.24, 2.45) is 0 Å². The van der Waals surface area contributed by atoms with Crippen molar-refractivity contribution in [1.29, 1.82) is 0 Å². The predicted molar refractivity (Wildman–Crippen MR) is 133 cm³/mol. The van der Waals surface area contributed by atoms with Crippen molar-refractivity contribution in [3.8, 4) is 21.5 Å². The van der Waals surface area contributed by atoms with E-state index in [1.807, 2.05) is 85.8 Å². The molecule has 5 rings (SSSR count). The Bertz CT molecular complexity index is 1520. The number of rotatable bonds is 5. The summed E-state index contributed by atoms with van der Waals surface area (Å²) >= 11 is 1.36. The van der Waals surface area contributed by atoms with E-state index >= 15 is 0 Å². The number of methoxy groups -OCH3 is 1. The van der Waals surface area contributed by atoms with Gasteiger partial charge in [0.1, 0.15) is 16.6 Å². The molecule has 0 aliphatic carbocycles. The Balaban J connectivity index is 1.62. The second kappa shape index (κ2) is 8.80. The lowest BCUT2D eigenvalue weighted by Crippen LogP contribution is -2.22. The van der Waals surface area contributed by atoms with Crippen LogP contribution in [0.1, 0.15) is 17.0 Å². The molecule has 0 aliphatic heterocycles. The minimum Gasteiger partial charge on any atom is -0.497 e. The summed E-state index contributed by atoms with van der Waals surface area (Å²) in [5.74, 6) is 1.27. The van der Waals surface area contributed by atoms with Crippen LogP contribution in [0.15, 0.2) is 77.6 Å². The average Bonchev–Trinajstić information content (AvgIpc) is 3.33. The van der Waals surface area contributed by atoms with Gasteiger partial charge in [0.2, 0.25) is 5.13 Å². The monoisotopic (exact) mass is 452 g/mol. The quantitative estimate of drug-likeness (QED) is 0.358. The molecule has 0 unspecified atom stereocenters. The van der Waals surface area contributed by atoms with Gasteiger partial charge in [0.15, 0.2) is 0 Å². The molecule has 2 aromatic heterocycles. The van der Waals surface area contributed by atoms with Crippen LogP contribution in [0.4, 0.5) is 0 Å². The van der Waals surface area contributed by atoms with Crippen LogP contribution in [0.5, 0.6) is 5.75 Å². The zero-order chi connectivity index (χ0) is 22.8. The molecule has 0 aliphatic rings. The third kappa shape index (κ3) is 4.18. The van der Waals surface area contributed by atoms with Crippen LogP contribution in [-0.4, -0.2) is 26.9 Å². The lowest BCUT2D eigenvalue weighted by atomic mass is 10.2. The molecule has 0 spiro atoms. The topological polar surface area (TPSA) is 69.9 Å². The van der Waals surface area contributed by atoms with Crippen LogP contribution in [0.3, 0.4) is 0 Å². The van der Waals surface area contributed by atoms with Crippen molar-refractivity contribution in [2.45, 2.75) is 6.92 Å². The van der Waals surface area contributed by atoms with E-state index in [2.05, 4.69) is 10.2 Å². The molecule has 0 radical (unpaired) electrons. The molecule has 162 valence electrons. The van der Waals surface area contributed by atoms with Gasteiger partial charge in [-0.15, -0.1) is 10.2 Å². The van der Waals surface area contributed by atoms with E-state index in [0.29, 0.717) is 21.9 Å². The smallest absolute Gasteiger partial charge is 0.268 e. The summed E-state index contributed by atoms with van der Waals surface area (Å²) in [4.78, 5) is 18.2. The zero-order valence-corrected chi connectivity index (χ0v) is 18.9. The molecule has 5 aromatic rings. The Morgan fingerprint density at radius 3 is 2.42 bits per heavy atom. The molecule has 0 bridgehead atoms. The normalized spacial score (nSPS) is 11.3. The number of para-hydroxylation sites is 1. The molecular weight excluding hydrogens is 432 g/mol. The Morgan fingerprint density at radius 1 is 0.909 bits per heavy atom. The second-order valence-electron chi connectivity index (χ2n) is 7.49. The molecule has 0 N–H and O–H groups in total. The van der Waals surface area contributed by atoms with Gasteiger partial charge in [-0.05, 0) is 42.8 Å². The lowest BCUT2D eigenvalue weighted by molar-refractivity contribution is 0.415. The molecule has 2 heterocycles. The van der Waals surface area contributed by atoms with Crippen molar-refractivity contribution in [3.63, 3.8) is 0 Å². The summed E-state index contributed by atoms with van der Waals surface area (Å²) < 4.78 is 6.75. The standard InChI is InChI=1S/C26H20N4O2S/c1-17-7-12-19(13-8-17)24-28-29-26(33-24)30-23(16-11-18-9-14-20(32-2)15-10-18)27-22-6-4-3-5-21(22)25(30)31/h3-16H,1-2H3/b16-11+. The third-order valence-corrected chi connectivity index (χ3v) is 6.20. The number of nitrogens with zero attached hydrogens (tertiary/aromatic N) is 4. The van der Waals surface area contributed by atoms with Crippen LogP contribution in [0.2, 0.25) is 0 Å². The number of hydrogen-bond donors (Lipinski definition) is 0. The molecule has 0 fully saturated rings. The maximum absolute atomic E-state index is 13.4. The molecule has 3 aromatic carbocycles. The van der Waals surface area contributed by atoms with Gasteiger partial charge in [-0.3, -0.25) is 4.79 Å². The first-order chi connectivity index (χ1) is 16.1. The van der Waals surface area contributed by atoms with E-state index in [1.165, 1.54) is 21.5 Å². The van der Waals surface area contributed by atoms with Crippen molar-refractivity contribution >= 4 is 34.4 Å². The molecule has 0 saturated heterocycles. The first-order valence-electron chi connectivity index (χ1n) is 10.4. The van der Waals surface area contributed by atoms with E-state index in [4.69, 9.17) is 9.72 Å². The highest BCUT2D eigenvalue weighted by Gasteiger charge is 2.16. The van der Waals surface area contributed by atoms with Gasteiger partial charge in [0.25, 0.3) is 5.56 Å². The summed E-state index contributed by atoms with van der Waals surface area (Å²) in [6, 6.07) is 23.1. The molecule has 6 nitrogen and oxygen atoms in total. The maximum atomic E-state index is 13.4. The van der Waals surface area contributed by atoms with Crippen LogP contribution in [0.25, 0.3) is 38.8 Å². The van der Waals surface area contributed by atoms with Gasteiger partial charge >= 0.3 is 0 Å². The van der Waals surface area contributed by atoms with E-state index in [-0.39, 0.29) is 5.56 Å². The number of aryl methyl sites for hydroxylation is 1. The SMILES string of the molecule is COc1ccc(/C=C/c2nc3ccccc3c(=O)n2-c2nnc(-c3ccc(C)cc3)s2)cc1. The lowest BCUT2D eigenvalue weighted by Gasteiger charge is -2.08. The summed E-state index contributed by atoms with van der Waals surface area (Å²) in [6.45, 7) is 2.04. The van der Waals surface area contributed by atoms with E-state index in [1.54, 1.807) is 13.2 Å². The van der Waals surface area contributed by atoms with Gasteiger partial charge in [-0.1, -0.05) is 71.5 Å². The Hall–Kier alpha value is -4.10. The Kier molecular flexibility index (Phi) is 5.54. The fourth-order valence-corrected chi connectivity index (χ4v) is 4.31. The summed E-state index contributed by atoms with van der Waals surface area (Å²) in [5, 5.41) is 10.4. The maximum Gasteiger partial charge on any atom is 0.268 e. The molecule has 0 saturated carbocycles. The zero-order valence-electron chi connectivity index (χ0n) is 18.1. The fraction of sp³-hybridized carbons (Fsp3) is 0.0769. The highest BCUT2D eigenvalue weighted by atomic mass is 32.1. The van der Waals surface area contributed by atoms with E-state index < -0.39 is 0 Å². The number of ether oxygens (including phenoxy) is 1. The first kappa shape index (κ1) is 20.8. The summed E-state index contributed by atoms with van der Waals surface area (Å²) in [5.41, 5.74) is 3.55. The summed E-state index contributed by atoms with van der Waals surface area (Å²) in [7, 11) is 1.63. The second-order valence-corrected chi connectivity index (χ2v) is 8.45. The first-order valence-corrected chi connectivity index (χ1v) is 11.2. The number of hydrogen-bond acceptors (Lipinski definition) is 6. The van der Waals surface area contributed by atoms with Gasteiger partial charge in [-0.2, -0.15) is 0 Å². The molecular formula is C26H20N4O2S. The highest BCUT2D eigenvalue weighted by Crippen LogP contribution is 2.26. The van der Waals surface area contributed by atoms with Crippen molar-refractivity contribution in [3.05, 3.63) is 100 Å². The summed E-state index contributed by atoms with van der Waals surface area (Å²) in [6.07, 6.45) is 3.73. The Morgan fingerprint density at radius 2 is 1.67 bits per heavy atom. The third-order valence-electron chi connectivity index (χ3n) is 5.25. The number of fused-ring (bicyclic) bond motifs is 1. The minimum absolute atomic E-state index is 0.179. The number of benzene rings is 3. The fourth-order valence-electron chi connectivity index (χ4n) is 3.45. The molecule has 0 amide bonds. The van der Waals surface area contributed by atoms with Crippen LogP contribution >= 0.6 is 11.3 Å². The Labute approximate surface area is 194 Å². The number of aromatic nitrogens is 4. The van der Waals surface area contributed by atoms with Crippen LogP contribution < -0.4 is 10.3 Å². The van der Waals surface area contributed by atoms with Crippen molar-refractivity contribution in [2.75, 3.05) is 7.11 Å². The average molecular weight is 453 g/mol. The largest absolute Gasteiger partial charge is 0.497 e. The van der Waals surface area contributed by atoms with Gasteiger partial charge in [0.05, 0.1) is 18.0 Å². The molecule has 33 heavy (non-hydrogen) atoms. The predicted octanol–water partition coefficient (Wildman–Crippen LogP) is 5.39. The highest BCUT2D eigenvalue weighted by molar-refractivity contribution is 7.17. The van der Waals surface area contributed by atoms with E-state index in [9.17, 15) is 4.79 Å². The van der Waals surface area contributed by atoms with Crippen molar-refractivity contribution in [1.82, 2.24) is 19.7 Å². The molecule has 7 heteroatoms. The minimum atomic E-state index is -0.179. The van der Waals surface area contributed by atoms with Gasteiger partial charge in [-0.25, -0.2) is 9.55 Å². The van der Waals surface area contributed by atoms with Crippen LogP contribution in [0, 0.1) is 6.92 Å². The van der Waals surface area contributed by atoms with E-state index in [0.717, 1.165) is 21.9 Å².